The Hall–Kier alpha value is -1.42. The van der Waals surface area contributed by atoms with Crippen molar-refractivity contribution in [3.63, 3.8) is 0 Å². The quantitative estimate of drug-likeness (QED) is 0.0475. The molecule has 0 aliphatic heterocycles. The van der Waals surface area contributed by atoms with Gasteiger partial charge in [0.2, 0.25) is 0 Å². The zero-order valence-electron chi connectivity index (χ0n) is 38.0. The van der Waals surface area contributed by atoms with Gasteiger partial charge in [-0.3, -0.25) is 4.79 Å². The first kappa shape index (κ1) is 55.6. The van der Waals surface area contributed by atoms with E-state index in [0.29, 0.717) is 46.1 Å². The Bertz CT molecular complexity index is 799. The van der Waals surface area contributed by atoms with E-state index in [-0.39, 0.29) is 18.7 Å². The minimum absolute atomic E-state index is 0.0153. The normalized spacial score (nSPS) is 11.5. The molecule has 0 saturated heterocycles. The summed E-state index contributed by atoms with van der Waals surface area (Å²) in [6.45, 7) is 12.7. The minimum Gasteiger partial charge on any atom is -0.466 e. The number of ether oxygens (including phenoxy) is 5. The second-order valence-electron chi connectivity index (χ2n) is 16.4. The molecule has 0 unspecified atom stereocenters. The van der Waals surface area contributed by atoms with Gasteiger partial charge in [-0.15, -0.1) is 0 Å². The van der Waals surface area contributed by atoms with E-state index in [2.05, 4.69) is 25.7 Å². The monoisotopic (exact) mass is 814 g/mol. The first-order valence-corrected chi connectivity index (χ1v) is 24.5. The lowest BCUT2D eigenvalue weighted by molar-refractivity contribution is -0.143. The van der Waals surface area contributed by atoms with Crippen LogP contribution in [-0.2, 0) is 28.5 Å². The maximum Gasteiger partial charge on any atom is 0.508 e. The number of esters is 1. The largest absolute Gasteiger partial charge is 0.508 e. The van der Waals surface area contributed by atoms with Crippen LogP contribution in [-0.4, -0.2) is 94.1 Å². The van der Waals surface area contributed by atoms with Crippen molar-refractivity contribution in [2.24, 2.45) is 0 Å². The summed E-state index contributed by atoms with van der Waals surface area (Å²) in [6, 6.07) is 0. The summed E-state index contributed by atoms with van der Waals surface area (Å²) in [4.78, 5) is 27.3. The van der Waals surface area contributed by atoms with Gasteiger partial charge in [-0.1, -0.05) is 162 Å². The molecule has 1 N–H and O–H groups in total. The Morgan fingerprint density at radius 2 is 0.860 bits per heavy atom. The van der Waals surface area contributed by atoms with Crippen molar-refractivity contribution in [2.45, 2.75) is 232 Å². The van der Waals surface area contributed by atoms with Crippen LogP contribution < -0.4 is 0 Å². The molecule has 0 radical (unpaired) electrons. The average molecular weight is 814 g/mol. The lowest BCUT2D eigenvalue weighted by Gasteiger charge is -2.22. The third-order valence-corrected chi connectivity index (χ3v) is 10.9. The van der Waals surface area contributed by atoms with E-state index in [1.807, 2.05) is 0 Å². The Kier molecular flexibility index (Phi) is 46.1. The molecule has 0 saturated carbocycles. The first-order chi connectivity index (χ1) is 28.1. The van der Waals surface area contributed by atoms with Gasteiger partial charge in [-0.2, -0.15) is 0 Å². The molecule has 0 aromatic heterocycles. The van der Waals surface area contributed by atoms with Crippen LogP contribution >= 0.6 is 0 Å². The fraction of sp³-hybridized carbons (Fsp3) is 0.958. The van der Waals surface area contributed by atoms with Crippen LogP contribution in [0.15, 0.2) is 0 Å². The molecule has 0 fully saturated rings. The number of carbonyl (C=O) groups is 2. The summed E-state index contributed by atoms with van der Waals surface area (Å²) < 4.78 is 27.9. The molecule has 0 bridgehead atoms. The summed E-state index contributed by atoms with van der Waals surface area (Å²) in [5.74, 6) is -0.0540. The molecular weight excluding hydrogens is 719 g/mol. The standard InChI is InChI=1S/C48H95NO8/c1-4-7-10-13-16-17-18-23-31-40-55-47(51)35-28-25-30-37-49(38-42-53-44-45-54-43-39-50)36-29-22-19-24-32-41-56-48(52)57-46(33-26-20-14-11-8-5-2)34-27-21-15-12-9-6-3/h46,50H,4-45H2,1-3H3. The van der Waals surface area contributed by atoms with Crippen LogP contribution in [0.5, 0.6) is 0 Å². The van der Waals surface area contributed by atoms with Crippen molar-refractivity contribution in [3.8, 4) is 0 Å². The molecule has 340 valence electrons. The fourth-order valence-electron chi connectivity index (χ4n) is 7.23. The van der Waals surface area contributed by atoms with E-state index in [1.54, 1.807) is 0 Å². The molecule has 0 heterocycles. The van der Waals surface area contributed by atoms with Crippen molar-refractivity contribution in [1.29, 1.82) is 0 Å². The highest BCUT2D eigenvalue weighted by molar-refractivity contribution is 5.69. The number of unbranched alkanes of at least 4 members (excludes halogenated alkanes) is 24. The lowest BCUT2D eigenvalue weighted by Crippen LogP contribution is -2.30. The first-order valence-electron chi connectivity index (χ1n) is 24.5. The highest BCUT2D eigenvalue weighted by atomic mass is 16.7. The SMILES string of the molecule is CCCCCCCCCCCOC(=O)CCCCCN(CCCCCCCOC(=O)OC(CCCCCCCC)CCCCCCCC)CCOCCOCCO. The van der Waals surface area contributed by atoms with Gasteiger partial charge in [0, 0.05) is 13.0 Å². The summed E-state index contributed by atoms with van der Waals surface area (Å²) >= 11 is 0. The number of hydrogen-bond acceptors (Lipinski definition) is 9. The molecular formula is C48H95NO8. The minimum atomic E-state index is -0.485. The van der Waals surface area contributed by atoms with Crippen molar-refractivity contribution in [2.75, 3.05) is 65.9 Å². The van der Waals surface area contributed by atoms with E-state index in [1.165, 1.54) is 109 Å². The highest BCUT2D eigenvalue weighted by Gasteiger charge is 2.15. The van der Waals surface area contributed by atoms with Crippen LogP contribution in [0, 0.1) is 0 Å². The van der Waals surface area contributed by atoms with Crippen molar-refractivity contribution >= 4 is 12.1 Å². The molecule has 0 amide bonds. The molecule has 57 heavy (non-hydrogen) atoms. The summed E-state index contributed by atoms with van der Waals surface area (Å²) in [7, 11) is 0. The van der Waals surface area contributed by atoms with E-state index in [4.69, 9.17) is 28.8 Å². The molecule has 9 nitrogen and oxygen atoms in total. The zero-order chi connectivity index (χ0) is 41.5. The summed E-state index contributed by atoms with van der Waals surface area (Å²) in [6.07, 6.45) is 36.5. The number of aliphatic hydroxyl groups excluding tert-OH is 1. The molecule has 9 heteroatoms. The van der Waals surface area contributed by atoms with Crippen molar-refractivity contribution in [3.05, 3.63) is 0 Å². The second-order valence-corrected chi connectivity index (χ2v) is 16.4. The van der Waals surface area contributed by atoms with Crippen LogP contribution in [0.3, 0.4) is 0 Å². The highest BCUT2D eigenvalue weighted by Crippen LogP contribution is 2.18. The van der Waals surface area contributed by atoms with Crippen LogP contribution in [0.2, 0.25) is 0 Å². The molecule has 0 atom stereocenters. The number of carbonyl (C=O) groups excluding carboxylic acids is 2. The molecule has 0 aromatic rings. The van der Waals surface area contributed by atoms with Gasteiger partial charge >= 0.3 is 12.1 Å². The Balaban J connectivity index is 4.28. The van der Waals surface area contributed by atoms with Crippen molar-refractivity contribution in [1.82, 2.24) is 4.90 Å². The number of nitrogens with zero attached hydrogens (tertiary/aromatic N) is 1. The van der Waals surface area contributed by atoms with Crippen LogP contribution in [0.25, 0.3) is 0 Å². The van der Waals surface area contributed by atoms with E-state index in [9.17, 15) is 9.59 Å². The number of aliphatic hydroxyl groups is 1. The van der Waals surface area contributed by atoms with Gasteiger partial charge in [0.1, 0.15) is 6.10 Å². The molecule has 0 aromatic carbocycles. The second kappa shape index (κ2) is 47.3. The number of hydrogen-bond donors (Lipinski definition) is 1. The number of rotatable bonds is 47. The third-order valence-electron chi connectivity index (χ3n) is 10.9. The van der Waals surface area contributed by atoms with Gasteiger partial charge < -0.3 is 33.7 Å². The van der Waals surface area contributed by atoms with Gasteiger partial charge in [-0.05, 0) is 70.9 Å². The summed E-state index contributed by atoms with van der Waals surface area (Å²) in [5, 5.41) is 8.88. The zero-order valence-corrected chi connectivity index (χ0v) is 38.0. The smallest absolute Gasteiger partial charge is 0.466 e. The van der Waals surface area contributed by atoms with Gasteiger partial charge in [0.05, 0.1) is 46.2 Å². The van der Waals surface area contributed by atoms with E-state index in [0.717, 1.165) is 110 Å². The lowest BCUT2D eigenvalue weighted by atomic mass is 10.0. The maximum atomic E-state index is 12.6. The average Bonchev–Trinajstić information content (AvgIpc) is 3.21. The fourth-order valence-corrected chi connectivity index (χ4v) is 7.23. The van der Waals surface area contributed by atoms with Gasteiger partial charge in [0.25, 0.3) is 0 Å². The third kappa shape index (κ3) is 44.0. The van der Waals surface area contributed by atoms with Crippen LogP contribution in [0.1, 0.15) is 226 Å². The summed E-state index contributed by atoms with van der Waals surface area (Å²) in [5.41, 5.74) is 0. The molecule has 0 spiro atoms. The molecule has 0 aliphatic carbocycles. The Labute approximate surface area is 352 Å². The van der Waals surface area contributed by atoms with Gasteiger partial charge in [0.15, 0.2) is 0 Å². The Morgan fingerprint density at radius 1 is 0.439 bits per heavy atom. The predicted molar refractivity (Wildman–Crippen MR) is 237 cm³/mol. The van der Waals surface area contributed by atoms with Gasteiger partial charge in [-0.25, -0.2) is 4.79 Å². The maximum absolute atomic E-state index is 12.6. The topological polar surface area (TPSA) is 104 Å². The van der Waals surface area contributed by atoms with Crippen LogP contribution in [0.4, 0.5) is 4.79 Å². The van der Waals surface area contributed by atoms with Crippen molar-refractivity contribution < 1.29 is 38.4 Å². The Morgan fingerprint density at radius 3 is 1.37 bits per heavy atom. The molecule has 0 aliphatic rings. The van der Waals surface area contributed by atoms with E-state index >= 15 is 0 Å². The van der Waals surface area contributed by atoms with E-state index < -0.39 is 6.16 Å². The molecule has 0 rings (SSSR count). The predicted octanol–water partition coefficient (Wildman–Crippen LogP) is 12.9.